The maximum Gasteiger partial charge on any atom is 0.251 e. The molecule has 1 fully saturated rings. The van der Waals surface area contributed by atoms with Crippen LogP contribution in [0.15, 0.2) is 24.3 Å². The molecule has 0 aromatic heterocycles. The molecule has 1 aliphatic carbocycles. The molecule has 0 radical (unpaired) electrons. The summed E-state index contributed by atoms with van der Waals surface area (Å²) in [4.78, 5) is 11.8. The Kier molecular flexibility index (Phi) is 3.79. The van der Waals surface area contributed by atoms with E-state index in [1.165, 1.54) is 12.8 Å². The van der Waals surface area contributed by atoms with E-state index in [0.29, 0.717) is 12.1 Å². The maximum atomic E-state index is 11.8. The number of amides is 1. The van der Waals surface area contributed by atoms with Crippen LogP contribution in [0.25, 0.3) is 0 Å². The number of hydrogen-bond donors (Lipinski definition) is 2. The van der Waals surface area contributed by atoms with Gasteiger partial charge in [0, 0.05) is 18.2 Å². The number of nitrogens with two attached hydrogens (primary N) is 1. The molecule has 1 aromatic carbocycles. The van der Waals surface area contributed by atoms with E-state index in [1.807, 2.05) is 31.2 Å². The number of nitrogens with one attached hydrogen (secondary N) is 1. The minimum atomic E-state index is -0.0313. The van der Waals surface area contributed by atoms with Crippen LogP contribution in [0.3, 0.4) is 0 Å². The van der Waals surface area contributed by atoms with E-state index >= 15 is 0 Å². The van der Waals surface area contributed by atoms with Gasteiger partial charge >= 0.3 is 0 Å². The third kappa shape index (κ3) is 3.86. The van der Waals surface area contributed by atoms with Crippen molar-refractivity contribution in [1.29, 1.82) is 0 Å². The van der Waals surface area contributed by atoms with Gasteiger partial charge in [0.2, 0.25) is 0 Å². The summed E-state index contributed by atoms with van der Waals surface area (Å²) in [5, 5.41) is 2.89. The van der Waals surface area contributed by atoms with Gasteiger partial charge in [0.05, 0.1) is 0 Å². The fourth-order valence-electron chi connectivity index (χ4n) is 1.90. The lowest BCUT2D eigenvalue weighted by Gasteiger charge is -2.12. The van der Waals surface area contributed by atoms with Crippen LogP contribution in [-0.2, 0) is 0 Å². The zero-order chi connectivity index (χ0) is 12.3. The number of hydrogen-bond acceptors (Lipinski definition) is 2. The molecule has 2 rings (SSSR count). The van der Waals surface area contributed by atoms with Gasteiger partial charge in [-0.2, -0.15) is 0 Å². The molecular formula is C14H20N2O. The normalized spacial score (nSPS) is 16.6. The fraction of sp³-hybridized carbons (Fsp3) is 0.500. The summed E-state index contributed by atoms with van der Waals surface area (Å²) in [5.74, 6) is 0.775. The molecule has 0 saturated heterocycles. The third-order valence-electron chi connectivity index (χ3n) is 3.17. The Morgan fingerprint density at radius 1 is 1.41 bits per heavy atom. The second-order valence-electron chi connectivity index (χ2n) is 5.02. The first-order chi connectivity index (χ1) is 8.15. The van der Waals surface area contributed by atoms with E-state index in [9.17, 15) is 4.79 Å². The van der Waals surface area contributed by atoms with Crippen molar-refractivity contribution in [3.8, 4) is 0 Å². The lowest BCUT2D eigenvalue weighted by Crippen LogP contribution is -2.37. The van der Waals surface area contributed by atoms with Gasteiger partial charge in [-0.05, 0) is 31.4 Å². The van der Waals surface area contributed by atoms with E-state index < -0.39 is 0 Å². The fourth-order valence-corrected chi connectivity index (χ4v) is 1.90. The maximum absolute atomic E-state index is 11.8. The van der Waals surface area contributed by atoms with Crippen molar-refractivity contribution >= 4 is 5.91 Å². The molecule has 3 N–H and O–H groups in total. The molecule has 0 unspecified atom stereocenters. The highest BCUT2D eigenvalue weighted by Gasteiger charge is 2.23. The van der Waals surface area contributed by atoms with Crippen molar-refractivity contribution < 1.29 is 4.79 Å². The smallest absolute Gasteiger partial charge is 0.251 e. The molecule has 0 spiro atoms. The van der Waals surface area contributed by atoms with E-state index in [-0.39, 0.29) is 11.9 Å². The second kappa shape index (κ2) is 5.32. The predicted molar refractivity (Wildman–Crippen MR) is 68.8 cm³/mol. The molecular weight excluding hydrogens is 212 g/mol. The Hall–Kier alpha value is -1.35. The number of benzene rings is 1. The highest BCUT2D eigenvalue weighted by Crippen LogP contribution is 2.32. The first-order valence-corrected chi connectivity index (χ1v) is 6.25. The van der Waals surface area contributed by atoms with Crippen molar-refractivity contribution in [2.75, 3.05) is 6.54 Å². The van der Waals surface area contributed by atoms with Gasteiger partial charge in [-0.25, -0.2) is 0 Å². The second-order valence-corrected chi connectivity index (χ2v) is 5.02. The van der Waals surface area contributed by atoms with Crippen LogP contribution in [0.5, 0.6) is 0 Å². The SMILES string of the molecule is Cc1ccc(C(=O)NC[C@@H](N)CC2CC2)cc1. The van der Waals surface area contributed by atoms with Gasteiger partial charge in [0.15, 0.2) is 0 Å². The van der Waals surface area contributed by atoms with Gasteiger partial charge in [-0.15, -0.1) is 0 Å². The molecule has 3 nitrogen and oxygen atoms in total. The molecule has 0 aliphatic heterocycles. The van der Waals surface area contributed by atoms with Gasteiger partial charge in [-0.1, -0.05) is 30.5 Å². The summed E-state index contributed by atoms with van der Waals surface area (Å²) >= 11 is 0. The van der Waals surface area contributed by atoms with Crippen LogP contribution in [0.1, 0.15) is 35.2 Å². The third-order valence-corrected chi connectivity index (χ3v) is 3.17. The molecule has 1 amide bonds. The molecule has 3 heteroatoms. The largest absolute Gasteiger partial charge is 0.350 e. The average Bonchev–Trinajstić information content (AvgIpc) is 3.11. The number of carbonyl (C=O) groups is 1. The highest BCUT2D eigenvalue weighted by molar-refractivity contribution is 5.94. The summed E-state index contributed by atoms with van der Waals surface area (Å²) < 4.78 is 0. The number of aryl methyl sites for hydroxylation is 1. The quantitative estimate of drug-likeness (QED) is 0.814. The molecule has 0 bridgehead atoms. The van der Waals surface area contributed by atoms with Crippen LogP contribution in [0.2, 0.25) is 0 Å². The number of carbonyl (C=O) groups excluding carboxylic acids is 1. The minimum Gasteiger partial charge on any atom is -0.350 e. The summed E-state index contributed by atoms with van der Waals surface area (Å²) in [7, 11) is 0. The van der Waals surface area contributed by atoms with Crippen LogP contribution >= 0.6 is 0 Å². The topological polar surface area (TPSA) is 55.1 Å². The monoisotopic (exact) mass is 232 g/mol. The van der Waals surface area contributed by atoms with E-state index in [2.05, 4.69) is 5.32 Å². The van der Waals surface area contributed by atoms with Crippen molar-refractivity contribution in [2.45, 2.75) is 32.2 Å². The van der Waals surface area contributed by atoms with E-state index in [4.69, 9.17) is 5.73 Å². The van der Waals surface area contributed by atoms with Gasteiger partial charge in [0.25, 0.3) is 5.91 Å². The molecule has 1 aromatic rings. The summed E-state index contributed by atoms with van der Waals surface area (Å²) in [6.45, 7) is 2.58. The van der Waals surface area contributed by atoms with Crippen molar-refractivity contribution in [3.63, 3.8) is 0 Å². The molecule has 92 valence electrons. The van der Waals surface area contributed by atoms with Crippen LogP contribution in [0, 0.1) is 12.8 Å². The standard InChI is InChI=1S/C14H20N2O/c1-10-2-6-12(7-3-10)14(17)16-9-13(15)8-11-4-5-11/h2-3,6-7,11,13H,4-5,8-9,15H2,1H3,(H,16,17)/t13-/m0/s1. The van der Waals surface area contributed by atoms with Crippen LogP contribution < -0.4 is 11.1 Å². The van der Waals surface area contributed by atoms with Gasteiger partial charge in [0.1, 0.15) is 0 Å². The molecule has 1 atom stereocenters. The summed E-state index contributed by atoms with van der Waals surface area (Å²) in [6.07, 6.45) is 3.65. The van der Waals surface area contributed by atoms with E-state index in [1.54, 1.807) is 0 Å². The molecule has 0 heterocycles. The van der Waals surface area contributed by atoms with Crippen molar-refractivity contribution in [1.82, 2.24) is 5.32 Å². The minimum absolute atomic E-state index is 0.0313. The number of rotatable bonds is 5. The summed E-state index contributed by atoms with van der Waals surface area (Å²) in [6, 6.07) is 7.67. The molecule has 17 heavy (non-hydrogen) atoms. The predicted octanol–water partition coefficient (Wildman–Crippen LogP) is 1.85. The zero-order valence-corrected chi connectivity index (χ0v) is 10.3. The van der Waals surface area contributed by atoms with Crippen molar-refractivity contribution in [2.24, 2.45) is 11.7 Å². The highest BCUT2D eigenvalue weighted by atomic mass is 16.1. The molecule has 1 saturated carbocycles. The average molecular weight is 232 g/mol. The van der Waals surface area contributed by atoms with Gasteiger partial charge < -0.3 is 11.1 Å². The zero-order valence-electron chi connectivity index (χ0n) is 10.3. The first-order valence-electron chi connectivity index (χ1n) is 6.25. The Balaban J connectivity index is 1.77. The Morgan fingerprint density at radius 2 is 2.06 bits per heavy atom. The lowest BCUT2D eigenvalue weighted by molar-refractivity contribution is 0.0950. The first kappa shape index (κ1) is 12.1. The molecule has 1 aliphatic rings. The van der Waals surface area contributed by atoms with E-state index in [0.717, 1.165) is 17.9 Å². The Bertz CT molecular complexity index is 382. The van der Waals surface area contributed by atoms with Crippen LogP contribution in [-0.4, -0.2) is 18.5 Å². The summed E-state index contributed by atoms with van der Waals surface area (Å²) in [5.41, 5.74) is 7.81. The Morgan fingerprint density at radius 3 is 2.65 bits per heavy atom. The van der Waals surface area contributed by atoms with Crippen molar-refractivity contribution in [3.05, 3.63) is 35.4 Å². The Labute approximate surface area is 102 Å². The lowest BCUT2D eigenvalue weighted by atomic mass is 10.1. The van der Waals surface area contributed by atoms with Crippen LogP contribution in [0.4, 0.5) is 0 Å². The van der Waals surface area contributed by atoms with Gasteiger partial charge in [-0.3, -0.25) is 4.79 Å².